The van der Waals surface area contributed by atoms with E-state index in [4.69, 9.17) is 5.84 Å². The summed E-state index contributed by atoms with van der Waals surface area (Å²) < 4.78 is 0. The molecule has 1 atom stereocenters. The first kappa shape index (κ1) is 13.5. The number of hydrogen-bond donors (Lipinski definition) is 2. The van der Waals surface area contributed by atoms with Crippen molar-refractivity contribution in [3.05, 3.63) is 42.1 Å². The second kappa shape index (κ2) is 5.51. The Morgan fingerprint density at radius 1 is 1.25 bits per heavy atom. The molecule has 1 unspecified atom stereocenters. The summed E-state index contributed by atoms with van der Waals surface area (Å²) in [6.07, 6.45) is 8.15. The third kappa shape index (κ3) is 2.11. The first-order valence-corrected chi connectivity index (χ1v) is 7.60. The molecule has 20 heavy (non-hydrogen) atoms. The van der Waals surface area contributed by atoms with Crippen LogP contribution in [0.15, 0.2) is 36.5 Å². The lowest BCUT2D eigenvalue weighted by Gasteiger charge is -2.37. The Hall–Kier alpha value is -1.45. The smallest absolute Gasteiger partial charge is 0.0750 e. The number of fused-ring (bicyclic) bond motifs is 1. The van der Waals surface area contributed by atoms with E-state index in [1.54, 1.807) is 0 Å². The number of rotatable bonds is 4. The van der Waals surface area contributed by atoms with Crippen molar-refractivity contribution < 1.29 is 0 Å². The van der Waals surface area contributed by atoms with Crippen molar-refractivity contribution in [3.63, 3.8) is 0 Å². The van der Waals surface area contributed by atoms with Gasteiger partial charge in [-0.15, -0.1) is 0 Å². The predicted octanol–water partition coefficient (Wildman–Crippen LogP) is 3.71. The number of nitrogens with one attached hydrogen (secondary N) is 1. The molecule has 1 saturated carbocycles. The summed E-state index contributed by atoms with van der Waals surface area (Å²) in [5.74, 6) is 5.96. The zero-order valence-corrected chi connectivity index (χ0v) is 12.1. The highest BCUT2D eigenvalue weighted by Crippen LogP contribution is 2.50. The van der Waals surface area contributed by atoms with Gasteiger partial charge in [-0.2, -0.15) is 0 Å². The molecule has 1 fully saturated rings. The van der Waals surface area contributed by atoms with Crippen molar-refractivity contribution in [2.45, 2.75) is 45.1 Å². The summed E-state index contributed by atoms with van der Waals surface area (Å²) in [7, 11) is 0. The lowest BCUT2D eigenvalue weighted by atomic mass is 9.73. The van der Waals surface area contributed by atoms with Gasteiger partial charge in [0.1, 0.15) is 0 Å². The molecule has 3 nitrogen and oxygen atoms in total. The molecule has 0 radical (unpaired) electrons. The third-order valence-corrected chi connectivity index (χ3v) is 5.06. The molecular formula is C17H23N3. The molecule has 106 valence electrons. The molecule has 1 heterocycles. The van der Waals surface area contributed by atoms with E-state index in [1.807, 2.05) is 12.3 Å². The summed E-state index contributed by atoms with van der Waals surface area (Å²) in [4.78, 5) is 4.59. The van der Waals surface area contributed by atoms with Gasteiger partial charge in [0.25, 0.3) is 0 Å². The Kier molecular flexibility index (Phi) is 3.72. The summed E-state index contributed by atoms with van der Waals surface area (Å²) in [5.41, 5.74) is 5.71. The minimum atomic E-state index is 0.189. The maximum absolute atomic E-state index is 5.96. The highest BCUT2D eigenvalue weighted by Gasteiger charge is 2.40. The van der Waals surface area contributed by atoms with Crippen molar-refractivity contribution in [1.82, 2.24) is 10.4 Å². The van der Waals surface area contributed by atoms with Gasteiger partial charge in [-0.25, -0.2) is 0 Å². The molecule has 3 heteroatoms. The fraction of sp³-hybridized carbons (Fsp3) is 0.471. The molecule has 1 aromatic heterocycles. The standard InChI is InChI=1S/C17H23N3/c1-2-17(10-3-4-11-17)16(20-18)14-9-5-7-13-8-6-12-19-15(13)14/h5-9,12,16,20H,2-4,10-11,18H2,1H3. The van der Waals surface area contributed by atoms with Crippen LogP contribution in [0.2, 0.25) is 0 Å². The first-order valence-electron chi connectivity index (χ1n) is 7.60. The minimum absolute atomic E-state index is 0.189. The highest BCUT2D eigenvalue weighted by molar-refractivity contribution is 5.82. The minimum Gasteiger partial charge on any atom is -0.271 e. The van der Waals surface area contributed by atoms with E-state index in [1.165, 1.54) is 36.6 Å². The zero-order valence-electron chi connectivity index (χ0n) is 12.1. The van der Waals surface area contributed by atoms with Gasteiger partial charge in [-0.05, 0) is 36.3 Å². The van der Waals surface area contributed by atoms with Crippen LogP contribution in [0.4, 0.5) is 0 Å². The Bertz CT molecular complexity index is 582. The molecule has 1 aromatic carbocycles. The van der Waals surface area contributed by atoms with Gasteiger partial charge in [0, 0.05) is 11.6 Å². The molecule has 0 aliphatic heterocycles. The van der Waals surface area contributed by atoms with Crippen LogP contribution in [0, 0.1) is 5.41 Å². The Balaban J connectivity index is 2.12. The topological polar surface area (TPSA) is 50.9 Å². The molecule has 0 amide bonds. The van der Waals surface area contributed by atoms with Crippen LogP contribution in [-0.4, -0.2) is 4.98 Å². The monoisotopic (exact) mass is 269 g/mol. The van der Waals surface area contributed by atoms with Crippen LogP contribution >= 0.6 is 0 Å². The van der Waals surface area contributed by atoms with Gasteiger partial charge < -0.3 is 0 Å². The van der Waals surface area contributed by atoms with Gasteiger partial charge >= 0.3 is 0 Å². The number of para-hydroxylation sites is 1. The van der Waals surface area contributed by atoms with Crippen LogP contribution < -0.4 is 11.3 Å². The molecule has 0 bridgehead atoms. The van der Waals surface area contributed by atoms with E-state index in [2.05, 4.69) is 41.6 Å². The molecule has 0 spiro atoms. The van der Waals surface area contributed by atoms with Crippen molar-refractivity contribution in [2.75, 3.05) is 0 Å². The van der Waals surface area contributed by atoms with E-state index in [9.17, 15) is 0 Å². The summed E-state index contributed by atoms with van der Waals surface area (Å²) >= 11 is 0. The predicted molar refractivity (Wildman–Crippen MR) is 83.0 cm³/mol. The molecule has 1 aliphatic rings. The molecule has 3 rings (SSSR count). The molecular weight excluding hydrogens is 246 g/mol. The molecule has 1 aliphatic carbocycles. The maximum atomic E-state index is 5.96. The van der Waals surface area contributed by atoms with Crippen LogP contribution in [0.3, 0.4) is 0 Å². The second-order valence-electron chi connectivity index (χ2n) is 5.95. The zero-order chi connectivity index (χ0) is 14.0. The fourth-order valence-corrected chi connectivity index (χ4v) is 3.88. The van der Waals surface area contributed by atoms with Crippen molar-refractivity contribution in [2.24, 2.45) is 11.3 Å². The SMILES string of the molecule is CCC1(C(NN)c2cccc3cccnc23)CCCC1. The second-order valence-corrected chi connectivity index (χ2v) is 5.95. The number of pyridine rings is 1. The van der Waals surface area contributed by atoms with Crippen molar-refractivity contribution >= 4 is 10.9 Å². The average Bonchev–Trinajstić information content (AvgIpc) is 2.98. The molecule has 3 N–H and O–H groups in total. The number of benzene rings is 1. The van der Waals surface area contributed by atoms with E-state index < -0.39 is 0 Å². The summed E-state index contributed by atoms with van der Waals surface area (Å²) in [6, 6.07) is 10.7. The average molecular weight is 269 g/mol. The number of nitrogens with zero attached hydrogens (tertiary/aromatic N) is 1. The molecule has 2 aromatic rings. The number of hydrazine groups is 1. The summed E-state index contributed by atoms with van der Waals surface area (Å²) in [6.45, 7) is 2.29. The van der Waals surface area contributed by atoms with Crippen LogP contribution in [-0.2, 0) is 0 Å². The third-order valence-electron chi connectivity index (χ3n) is 5.06. The Morgan fingerprint density at radius 3 is 2.70 bits per heavy atom. The van der Waals surface area contributed by atoms with Gasteiger partial charge in [0.15, 0.2) is 0 Å². The van der Waals surface area contributed by atoms with Crippen LogP contribution in [0.1, 0.15) is 50.6 Å². The lowest BCUT2D eigenvalue weighted by molar-refractivity contribution is 0.189. The molecule has 0 saturated heterocycles. The van der Waals surface area contributed by atoms with Gasteiger partial charge in [0.05, 0.1) is 11.6 Å². The van der Waals surface area contributed by atoms with Crippen molar-refractivity contribution in [1.29, 1.82) is 0 Å². The van der Waals surface area contributed by atoms with Gasteiger partial charge in [0.2, 0.25) is 0 Å². The first-order chi connectivity index (χ1) is 9.80. The fourth-order valence-electron chi connectivity index (χ4n) is 3.88. The van der Waals surface area contributed by atoms with Crippen molar-refractivity contribution in [3.8, 4) is 0 Å². The largest absolute Gasteiger partial charge is 0.271 e. The quantitative estimate of drug-likeness (QED) is 0.657. The van der Waals surface area contributed by atoms with E-state index in [0.29, 0.717) is 0 Å². The highest BCUT2D eigenvalue weighted by atomic mass is 15.2. The van der Waals surface area contributed by atoms with E-state index in [0.717, 1.165) is 11.9 Å². The normalized spacial score (nSPS) is 19.3. The summed E-state index contributed by atoms with van der Waals surface area (Å²) in [5, 5.41) is 1.19. The number of hydrogen-bond acceptors (Lipinski definition) is 3. The van der Waals surface area contributed by atoms with Crippen LogP contribution in [0.25, 0.3) is 10.9 Å². The Morgan fingerprint density at radius 2 is 2.00 bits per heavy atom. The van der Waals surface area contributed by atoms with E-state index >= 15 is 0 Å². The number of nitrogens with two attached hydrogens (primary N) is 1. The van der Waals surface area contributed by atoms with Gasteiger partial charge in [-0.3, -0.25) is 16.3 Å². The van der Waals surface area contributed by atoms with Crippen LogP contribution in [0.5, 0.6) is 0 Å². The number of aromatic nitrogens is 1. The lowest BCUT2D eigenvalue weighted by Crippen LogP contribution is -2.40. The Labute approximate surface area is 120 Å². The maximum Gasteiger partial charge on any atom is 0.0750 e. The van der Waals surface area contributed by atoms with E-state index in [-0.39, 0.29) is 11.5 Å². The van der Waals surface area contributed by atoms with Gasteiger partial charge in [-0.1, -0.05) is 44.0 Å².